The summed E-state index contributed by atoms with van der Waals surface area (Å²) < 4.78 is 5.50. The smallest absolute Gasteiger partial charge is 0.325 e. The molecule has 0 unspecified atom stereocenters. The number of nitrogens with zero attached hydrogens (tertiary/aromatic N) is 1. The van der Waals surface area contributed by atoms with E-state index in [4.69, 9.17) is 9.84 Å². The molecule has 1 aliphatic rings. The van der Waals surface area contributed by atoms with Gasteiger partial charge in [0, 0.05) is 18.0 Å². The summed E-state index contributed by atoms with van der Waals surface area (Å²) in [5.41, 5.74) is 0. The molecule has 3 N–H and O–H groups in total. The Morgan fingerprint density at radius 1 is 1.65 bits per heavy atom. The highest BCUT2D eigenvalue weighted by molar-refractivity contribution is 7.10. The highest BCUT2D eigenvalue weighted by Crippen LogP contribution is 2.21. The monoisotopic (exact) mass is 299 g/mol. The number of carbonyl (C=O) groups is 2. The molecule has 1 fully saturated rings. The number of amides is 4. The summed E-state index contributed by atoms with van der Waals surface area (Å²) in [7, 11) is 0. The van der Waals surface area contributed by atoms with Gasteiger partial charge in [-0.3, -0.25) is 0 Å². The van der Waals surface area contributed by atoms with Crippen molar-refractivity contribution < 1.29 is 19.4 Å². The van der Waals surface area contributed by atoms with Crippen molar-refractivity contribution in [1.82, 2.24) is 15.5 Å². The molecule has 1 aromatic heterocycles. The maximum absolute atomic E-state index is 11.9. The van der Waals surface area contributed by atoms with Crippen LogP contribution in [0.15, 0.2) is 17.5 Å². The van der Waals surface area contributed by atoms with E-state index in [2.05, 4.69) is 10.6 Å². The van der Waals surface area contributed by atoms with Gasteiger partial charge in [0.25, 0.3) is 0 Å². The number of imide groups is 1. The van der Waals surface area contributed by atoms with E-state index in [0.717, 1.165) is 9.78 Å². The van der Waals surface area contributed by atoms with Gasteiger partial charge in [-0.05, 0) is 11.4 Å². The number of aliphatic hydroxyl groups excluding tert-OH is 1. The molecule has 110 valence electrons. The highest BCUT2D eigenvalue weighted by Gasteiger charge is 2.26. The van der Waals surface area contributed by atoms with Crippen LogP contribution in [0.1, 0.15) is 11.0 Å². The Labute approximate surface area is 120 Å². The predicted molar refractivity (Wildman–Crippen MR) is 73.6 cm³/mol. The molecule has 7 nitrogen and oxygen atoms in total. The molecular weight excluding hydrogens is 282 g/mol. The lowest BCUT2D eigenvalue weighted by Gasteiger charge is -2.19. The first-order valence-corrected chi connectivity index (χ1v) is 7.19. The van der Waals surface area contributed by atoms with Gasteiger partial charge in [-0.15, -0.1) is 11.3 Å². The fourth-order valence-corrected chi connectivity index (χ4v) is 2.63. The minimum Gasteiger partial charge on any atom is -0.394 e. The predicted octanol–water partition coefficient (Wildman–Crippen LogP) is 0.533. The molecule has 20 heavy (non-hydrogen) atoms. The summed E-state index contributed by atoms with van der Waals surface area (Å²) in [6.45, 7) is 1.21. The molecule has 4 amide bonds. The summed E-state index contributed by atoms with van der Waals surface area (Å²) in [5.74, 6) is 0. The largest absolute Gasteiger partial charge is 0.394 e. The second-order valence-corrected chi connectivity index (χ2v) is 5.15. The number of carbonyl (C=O) groups excluding carboxylic acids is 2. The third kappa shape index (κ3) is 3.69. The van der Waals surface area contributed by atoms with Crippen molar-refractivity contribution in [3.63, 3.8) is 0 Å². The third-order valence-electron chi connectivity index (χ3n) is 2.81. The van der Waals surface area contributed by atoms with E-state index in [0.29, 0.717) is 13.1 Å². The normalized spacial score (nSPS) is 16.1. The second-order valence-electron chi connectivity index (χ2n) is 4.17. The van der Waals surface area contributed by atoms with Crippen LogP contribution in [0.2, 0.25) is 0 Å². The molecule has 0 radical (unpaired) electrons. The molecule has 1 saturated heterocycles. The second kappa shape index (κ2) is 7.22. The fourth-order valence-electron chi connectivity index (χ4n) is 1.85. The first-order valence-electron chi connectivity index (χ1n) is 6.31. The Kier molecular flexibility index (Phi) is 5.33. The number of aliphatic hydroxyl groups is 1. The molecule has 0 spiro atoms. The zero-order valence-corrected chi connectivity index (χ0v) is 11.7. The van der Waals surface area contributed by atoms with Gasteiger partial charge in [-0.25, -0.2) is 14.5 Å². The van der Waals surface area contributed by atoms with E-state index < -0.39 is 6.03 Å². The molecule has 1 aromatic rings. The molecule has 8 heteroatoms. The number of thiophene rings is 1. The van der Waals surface area contributed by atoms with Gasteiger partial charge in [0.05, 0.1) is 19.8 Å². The summed E-state index contributed by atoms with van der Waals surface area (Å²) in [4.78, 5) is 25.3. The number of hydrogen-bond donors (Lipinski definition) is 3. The number of ether oxygens (including phenoxy) is 1. The van der Waals surface area contributed by atoms with Gasteiger partial charge in [0.2, 0.25) is 0 Å². The van der Waals surface area contributed by atoms with E-state index in [1.54, 1.807) is 0 Å². The lowest BCUT2D eigenvalue weighted by molar-refractivity contribution is 0.0310. The minimum absolute atomic E-state index is 0.0790. The lowest BCUT2D eigenvalue weighted by atomic mass is 10.3. The third-order valence-corrected chi connectivity index (χ3v) is 3.78. The summed E-state index contributed by atoms with van der Waals surface area (Å²) in [6, 6.07) is 2.98. The van der Waals surface area contributed by atoms with Crippen molar-refractivity contribution in [2.24, 2.45) is 0 Å². The van der Waals surface area contributed by atoms with Crippen LogP contribution in [0.5, 0.6) is 0 Å². The number of urea groups is 2. The summed E-state index contributed by atoms with van der Waals surface area (Å²) in [5, 5.41) is 16.0. The van der Waals surface area contributed by atoms with Gasteiger partial charge in [-0.1, -0.05) is 6.07 Å². The van der Waals surface area contributed by atoms with Gasteiger partial charge >= 0.3 is 12.1 Å². The first-order chi connectivity index (χ1) is 9.72. The summed E-state index contributed by atoms with van der Waals surface area (Å²) >= 11 is 1.52. The van der Waals surface area contributed by atoms with E-state index in [9.17, 15) is 9.59 Å². The van der Waals surface area contributed by atoms with Crippen LogP contribution in [-0.2, 0) is 4.74 Å². The van der Waals surface area contributed by atoms with Gasteiger partial charge < -0.3 is 20.5 Å². The number of rotatable bonds is 6. The van der Waals surface area contributed by atoms with Crippen LogP contribution in [0.4, 0.5) is 9.59 Å². The Bertz CT molecular complexity index is 452. The zero-order valence-electron chi connectivity index (χ0n) is 10.9. The van der Waals surface area contributed by atoms with E-state index in [1.807, 2.05) is 17.5 Å². The van der Waals surface area contributed by atoms with E-state index in [1.165, 1.54) is 11.3 Å². The Balaban J connectivity index is 1.88. The van der Waals surface area contributed by atoms with Crippen molar-refractivity contribution in [3.8, 4) is 0 Å². The van der Waals surface area contributed by atoms with Gasteiger partial charge in [-0.2, -0.15) is 0 Å². The van der Waals surface area contributed by atoms with Gasteiger partial charge in [0.1, 0.15) is 6.10 Å². The van der Waals surface area contributed by atoms with Crippen molar-refractivity contribution in [1.29, 1.82) is 0 Å². The Hall–Kier alpha value is -1.64. The van der Waals surface area contributed by atoms with Gasteiger partial charge in [0.15, 0.2) is 0 Å². The first kappa shape index (κ1) is 14.8. The van der Waals surface area contributed by atoms with Crippen molar-refractivity contribution in [2.45, 2.75) is 6.10 Å². The van der Waals surface area contributed by atoms with Crippen LogP contribution < -0.4 is 10.6 Å². The SMILES string of the molecule is O=C1NCCN1C(=O)NC[C@H](OCCO)c1cccs1. The van der Waals surface area contributed by atoms with Crippen LogP contribution in [0.25, 0.3) is 0 Å². The van der Waals surface area contributed by atoms with Crippen LogP contribution >= 0.6 is 11.3 Å². The van der Waals surface area contributed by atoms with Crippen molar-refractivity contribution >= 4 is 23.4 Å². The van der Waals surface area contributed by atoms with Crippen molar-refractivity contribution in [3.05, 3.63) is 22.4 Å². The standard InChI is InChI=1S/C12H17N3O4S/c16-5-6-19-9(10-2-1-7-20-10)8-14-12(18)15-4-3-13-11(15)17/h1-2,7,9,16H,3-6,8H2,(H,13,17)(H,14,18)/t9-/m0/s1. The number of hydrogen-bond acceptors (Lipinski definition) is 5. The molecular formula is C12H17N3O4S. The topological polar surface area (TPSA) is 90.9 Å². The maximum Gasteiger partial charge on any atom is 0.325 e. The molecule has 1 aliphatic heterocycles. The molecule has 0 aliphatic carbocycles. The van der Waals surface area contributed by atoms with E-state index in [-0.39, 0.29) is 31.9 Å². The molecule has 2 rings (SSSR count). The summed E-state index contributed by atoms with van der Waals surface area (Å²) in [6.07, 6.45) is -0.322. The van der Waals surface area contributed by atoms with Crippen LogP contribution in [-0.4, -0.2) is 54.9 Å². The maximum atomic E-state index is 11.9. The molecule has 0 aromatic carbocycles. The van der Waals surface area contributed by atoms with Crippen LogP contribution in [0, 0.1) is 0 Å². The molecule has 1 atom stereocenters. The molecule has 0 bridgehead atoms. The minimum atomic E-state index is -0.436. The highest BCUT2D eigenvalue weighted by atomic mass is 32.1. The molecule has 2 heterocycles. The average molecular weight is 299 g/mol. The Morgan fingerprint density at radius 2 is 2.50 bits per heavy atom. The van der Waals surface area contributed by atoms with Crippen molar-refractivity contribution in [2.75, 3.05) is 32.8 Å². The zero-order chi connectivity index (χ0) is 14.4. The quantitative estimate of drug-likeness (QED) is 0.715. The van der Waals surface area contributed by atoms with Crippen LogP contribution in [0.3, 0.4) is 0 Å². The number of nitrogens with one attached hydrogen (secondary N) is 2. The fraction of sp³-hybridized carbons (Fsp3) is 0.500. The molecule has 0 saturated carbocycles. The lowest BCUT2D eigenvalue weighted by Crippen LogP contribution is -2.43. The average Bonchev–Trinajstić information content (AvgIpc) is 3.10. The Morgan fingerprint density at radius 3 is 3.10 bits per heavy atom. The van der Waals surface area contributed by atoms with E-state index >= 15 is 0 Å².